The highest BCUT2D eigenvalue weighted by Gasteiger charge is 2.08. The van der Waals surface area contributed by atoms with Crippen molar-refractivity contribution in [3.8, 4) is 12.3 Å². The number of rotatable bonds is 1. The Bertz CT molecular complexity index is 113. The Hall–Kier alpha value is -0.380. The van der Waals surface area contributed by atoms with Crippen LogP contribution in [-0.2, 0) is 4.57 Å². The van der Waals surface area contributed by atoms with Crippen LogP contribution in [-0.4, -0.2) is 5.66 Å². The van der Waals surface area contributed by atoms with Crippen LogP contribution in [0.15, 0.2) is 0 Å². The van der Waals surface area contributed by atoms with Gasteiger partial charge in [-0.25, -0.2) is 0 Å². The molecule has 0 rings (SSSR count). The van der Waals surface area contributed by atoms with Crippen LogP contribution >= 0.6 is 8.03 Å². The van der Waals surface area contributed by atoms with E-state index in [9.17, 15) is 9.46 Å². The molecule has 0 heterocycles. The second-order valence-corrected chi connectivity index (χ2v) is 2.47. The third-order valence-electron chi connectivity index (χ3n) is 0.557. The Morgan fingerprint density at radius 3 is 2.43 bits per heavy atom. The van der Waals surface area contributed by atoms with E-state index in [1.807, 2.05) is 0 Å². The first-order valence-corrected chi connectivity index (χ1v) is 3.02. The lowest BCUT2D eigenvalue weighted by Crippen LogP contribution is -1.98. The van der Waals surface area contributed by atoms with E-state index in [0.717, 1.165) is 0 Å². The van der Waals surface area contributed by atoms with Gasteiger partial charge in [0.15, 0.2) is 0 Å². The molecular weight excluding hydrogens is 111 g/mol. The summed E-state index contributed by atoms with van der Waals surface area (Å²) in [6.45, 7) is 1.46. The van der Waals surface area contributed by atoms with Crippen LogP contribution in [0.2, 0.25) is 0 Å². The minimum absolute atomic E-state index is 0.616. The summed E-state index contributed by atoms with van der Waals surface area (Å²) in [6, 6.07) is 0. The fourth-order valence-electron chi connectivity index (χ4n) is 0.0609. The molecule has 0 N–H and O–H groups in total. The molecule has 0 spiro atoms. The molecule has 2 nitrogen and oxygen atoms in total. The van der Waals surface area contributed by atoms with Crippen LogP contribution in [0.3, 0.4) is 0 Å². The van der Waals surface area contributed by atoms with Crippen molar-refractivity contribution in [3.63, 3.8) is 0 Å². The molecular formula is C4H5O2P. The quantitative estimate of drug-likeness (QED) is 0.360. The van der Waals surface area contributed by atoms with Gasteiger partial charge in [-0.2, -0.15) is 0 Å². The standard InChI is InChI=1S/C4H5O2P/c1-3-4(2)7(5)6/h1,4H,2H3. The molecule has 0 bridgehead atoms. The average molecular weight is 116 g/mol. The Morgan fingerprint density at radius 1 is 2.00 bits per heavy atom. The summed E-state index contributed by atoms with van der Waals surface area (Å²) < 4.78 is 9.82. The zero-order valence-corrected chi connectivity index (χ0v) is 4.81. The van der Waals surface area contributed by atoms with Gasteiger partial charge >= 0.3 is 8.03 Å². The third-order valence-corrected chi connectivity index (χ3v) is 1.34. The molecule has 0 amide bonds. The van der Waals surface area contributed by atoms with E-state index >= 15 is 0 Å². The highest BCUT2D eigenvalue weighted by atomic mass is 31.1. The molecule has 0 aromatic heterocycles. The first-order valence-electron chi connectivity index (χ1n) is 1.78. The molecule has 0 aliphatic carbocycles. The van der Waals surface area contributed by atoms with E-state index in [0.29, 0.717) is 0 Å². The van der Waals surface area contributed by atoms with Gasteiger partial charge in [0.1, 0.15) is 0 Å². The number of hydrogen-bond acceptors (Lipinski definition) is 2. The van der Waals surface area contributed by atoms with Crippen molar-refractivity contribution in [1.82, 2.24) is 0 Å². The monoisotopic (exact) mass is 116 g/mol. The lowest BCUT2D eigenvalue weighted by molar-refractivity contribution is -0.165. The molecule has 0 aliphatic heterocycles. The largest absolute Gasteiger partial charge is 0.595 e. The Balaban J connectivity index is 3.63. The summed E-state index contributed by atoms with van der Waals surface area (Å²) in [4.78, 5) is 9.82. The molecule has 7 heavy (non-hydrogen) atoms. The summed E-state index contributed by atoms with van der Waals surface area (Å²) in [6.07, 6.45) is 4.74. The van der Waals surface area contributed by atoms with Gasteiger partial charge in [-0.3, -0.25) is 0 Å². The SMILES string of the molecule is C#CC(C)[P+](=O)[O-]. The summed E-state index contributed by atoms with van der Waals surface area (Å²) in [5.41, 5.74) is -0.616. The molecule has 0 fully saturated rings. The zero-order valence-electron chi connectivity index (χ0n) is 3.92. The van der Waals surface area contributed by atoms with Gasteiger partial charge in [0.25, 0.3) is 0 Å². The summed E-state index contributed by atoms with van der Waals surface area (Å²) >= 11 is 0. The molecule has 0 aromatic carbocycles. The van der Waals surface area contributed by atoms with E-state index in [-0.39, 0.29) is 0 Å². The lowest BCUT2D eigenvalue weighted by Gasteiger charge is -1.85. The number of hydrogen-bond donors (Lipinski definition) is 0. The molecule has 2 unspecified atom stereocenters. The fourth-order valence-corrected chi connectivity index (χ4v) is 0.183. The molecule has 2 atom stereocenters. The van der Waals surface area contributed by atoms with Gasteiger partial charge in [0, 0.05) is 0 Å². The normalized spacial score (nSPS) is 14.7. The zero-order chi connectivity index (χ0) is 5.86. The smallest absolute Gasteiger partial charge is 0.324 e. The van der Waals surface area contributed by atoms with Crippen LogP contribution in [0, 0.1) is 12.3 Å². The topological polar surface area (TPSA) is 40.1 Å². The van der Waals surface area contributed by atoms with Gasteiger partial charge in [-0.1, -0.05) is 10.5 Å². The first-order chi connectivity index (χ1) is 3.18. The van der Waals surface area contributed by atoms with Crippen LogP contribution in [0.5, 0.6) is 0 Å². The Morgan fingerprint density at radius 2 is 2.43 bits per heavy atom. The maximum Gasteiger partial charge on any atom is 0.324 e. The van der Waals surface area contributed by atoms with E-state index in [2.05, 4.69) is 5.92 Å². The Labute approximate surface area is 43.4 Å². The molecule has 3 heteroatoms. The average Bonchev–Trinajstić information content (AvgIpc) is 1.65. The van der Waals surface area contributed by atoms with Crippen LogP contribution in [0.4, 0.5) is 0 Å². The van der Waals surface area contributed by atoms with Crippen molar-refractivity contribution in [1.29, 1.82) is 0 Å². The van der Waals surface area contributed by atoms with Gasteiger partial charge in [-0.05, 0) is 6.92 Å². The van der Waals surface area contributed by atoms with Crippen LogP contribution in [0.1, 0.15) is 6.92 Å². The van der Waals surface area contributed by atoms with Gasteiger partial charge in [0.2, 0.25) is 5.66 Å². The molecule has 0 radical (unpaired) electrons. The lowest BCUT2D eigenvalue weighted by atomic mass is 10.5. The predicted octanol–water partition coefficient (Wildman–Crippen LogP) is 0.111. The Kier molecular flexibility index (Phi) is 2.59. The van der Waals surface area contributed by atoms with E-state index < -0.39 is 13.7 Å². The minimum atomic E-state index is -2.40. The van der Waals surface area contributed by atoms with E-state index in [1.165, 1.54) is 6.92 Å². The number of terminal acetylenes is 1. The molecule has 0 saturated heterocycles. The summed E-state index contributed by atoms with van der Waals surface area (Å²) in [7, 11) is -2.40. The summed E-state index contributed by atoms with van der Waals surface area (Å²) in [5, 5.41) is 0. The molecule has 0 saturated carbocycles. The second kappa shape index (κ2) is 2.74. The van der Waals surface area contributed by atoms with E-state index in [4.69, 9.17) is 6.42 Å². The fraction of sp³-hybridized carbons (Fsp3) is 0.500. The third kappa shape index (κ3) is 2.33. The van der Waals surface area contributed by atoms with Crippen molar-refractivity contribution < 1.29 is 9.46 Å². The maximum atomic E-state index is 9.82. The molecule has 38 valence electrons. The van der Waals surface area contributed by atoms with E-state index in [1.54, 1.807) is 0 Å². The molecule has 0 aromatic rings. The van der Waals surface area contributed by atoms with Gasteiger partial charge in [0.05, 0.1) is 0 Å². The van der Waals surface area contributed by atoms with Crippen molar-refractivity contribution in [3.05, 3.63) is 0 Å². The van der Waals surface area contributed by atoms with Gasteiger partial charge < -0.3 is 4.89 Å². The van der Waals surface area contributed by atoms with Crippen LogP contribution < -0.4 is 4.89 Å². The maximum absolute atomic E-state index is 9.82. The highest BCUT2D eigenvalue weighted by Crippen LogP contribution is 2.14. The molecule has 0 aliphatic rings. The predicted molar refractivity (Wildman–Crippen MR) is 25.9 cm³/mol. The van der Waals surface area contributed by atoms with Crippen LogP contribution in [0.25, 0.3) is 0 Å². The van der Waals surface area contributed by atoms with Crippen molar-refractivity contribution in [2.45, 2.75) is 12.6 Å². The van der Waals surface area contributed by atoms with Gasteiger partial charge in [-0.15, -0.1) is 6.42 Å². The first kappa shape index (κ1) is 6.62. The van der Waals surface area contributed by atoms with Crippen molar-refractivity contribution in [2.24, 2.45) is 0 Å². The summed E-state index contributed by atoms with van der Waals surface area (Å²) in [5.74, 6) is 2.07. The van der Waals surface area contributed by atoms with Crippen molar-refractivity contribution >= 4 is 8.03 Å². The second-order valence-electron chi connectivity index (χ2n) is 1.13. The minimum Gasteiger partial charge on any atom is -0.595 e. The van der Waals surface area contributed by atoms with Crippen molar-refractivity contribution in [2.75, 3.05) is 0 Å². The highest BCUT2D eigenvalue weighted by molar-refractivity contribution is 7.37.